The van der Waals surface area contributed by atoms with Crippen molar-refractivity contribution in [2.45, 2.75) is 39.0 Å². The van der Waals surface area contributed by atoms with Crippen molar-refractivity contribution in [3.8, 4) is 17.2 Å². The molecule has 45 heavy (non-hydrogen) atoms. The van der Waals surface area contributed by atoms with Crippen LogP contribution in [-0.2, 0) is 17.8 Å². The van der Waals surface area contributed by atoms with E-state index in [1.54, 1.807) is 84.0 Å². The number of rotatable bonds is 11. The summed E-state index contributed by atoms with van der Waals surface area (Å²) in [5, 5.41) is 0.431. The molecule has 0 saturated carbocycles. The third-order valence-electron chi connectivity index (χ3n) is 7.13. The predicted molar refractivity (Wildman–Crippen MR) is 163 cm³/mol. The minimum Gasteiger partial charge on any atom is -0.494 e. The Hall–Kier alpha value is -5.19. The van der Waals surface area contributed by atoms with Crippen LogP contribution in [0.5, 0.6) is 11.5 Å². The first kappa shape index (κ1) is 31.2. The maximum atomic E-state index is 14.0. The second-order valence-electron chi connectivity index (χ2n) is 10.3. The van der Waals surface area contributed by atoms with Gasteiger partial charge >= 0.3 is 6.18 Å². The number of fused-ring (bicyclic) bond motifs is 1. The van der Waals surface area contributed by atoms with Crippen molar-refractivity contribution in [1.29, 1.82) is 0 Å². The summed E-state index contributed by atoms with van der Waals surface area (Å²) in [4.78, 5) is 38.6. The molecule has 0 bridgehead atoms. The van der Waals surface area contributed by atoms with Gasteiger partial charge < -0.3 is 14.4 Å². The predicted octanol–water partition coefficient (Wildman–Crippen LogP) is 6.45. The first-order valence-electron chi connectivity index (χ1n) is 14.3. The fraction of sp³-hybridized carbons (Fsp3) is 0.235. The van der Waals surface area contributed by atoms with Crippen LogP contribution in [0.3, 0.4) is 0 Å². The van der Waals surface area contributed by atoms with E-state index >= 15 is 0 Å². The number of aromatic nitrogens is 3. The van der Waals surface area contributed by atoms with Gasteiger partial charge in [-0.15, -0.1) is 0 Å². The number of benzene rings is 3. The van der Waals surface area contributed by atoms with Crippen LogP contribution >= 0.6 is 0 Å². The minimum atomic E-state index is -4.46. The van der Waals surface area contributed by atoms with Gasteiger partial charge in [-0.25, -0.2) is 4.98 Å². The lowest BCUT2D eigenvalue weighted by Crippen LogP contribution is -2.38. The maximum absolute atomic E-state index is 14.0. The number of halogens is 3. The first-order chi connectivity index (χ1) is 21.6. The smallest absolute Gasteiger partial charge is 0.422 e. The summed E-state index contributed by atoms with van der Waals surface area (Å²) in [5.74, 6) is 0.775. The Bertz CT molecular complexity index is 1810. The summed E-state index contributed by atoms with van der Waals surface area (Å²) in [5.41, 5.74) is 2.12. The Morgan fingerprint density at radius 1 is 0.911 bits per heavy atom. The monoisotopic (exact) mass is 616 g/mol. The van der Waals surface area contributed by atoms with Gasteiger partial charge in [0.1, 0.15) is 17.3 Å². The summed E-state index contributed by atoms with van der Waals surface area (Å²) in [7, 11) is 0. The minimum absolute atomic E-state index is 0.0452. The highest BCUT2D eigenvalue weighted by atomic mass is 19.4. The van der Waals surface area contributed by atoms with Gasteiger partial charge in [-0.3, -0.25) is 19.1 Å². The van der Waals surface area contributed by atoms with Crippen molar-refractivity contribution in [2.24, 2.45) is 0 Å². The average molecular weight is 617 g/mol. The van der Waals surface area contributed by atoms with Crippen molar-refractivity contribution in [3.05, 3.63) is 125 Å². The number of nitrogens with zero attached hydrogens (tertiary/aromatic N) is 4. The molecule has 0 aliphatic heterocycles. The maximum Gasteiger partial charge on any atom is 0.422 e. The molecule has 0 unspecified atom stereocenters. The van der Waals surface area contributed by atoms with Crippen molar-refractivity contribution in [3.63, 3.8) is 0 Å². The number of amides is 1. The van der Waals surface area contributed by atoms with Gasteiger partial charge in [0, 0.05) is 18.9 Å². The highest BCUT2D eigenvalue weighted by Crippen LogP contribution is 2.27. The largest absolute Gasteiger partial charge is 0.494 e. The molecule has 2 heterocycles. The van der Waals surface area contributed by atoms with E-state index in [1.165, 1.54) is 16.7 Å². The number of hydrogen-bond acceptors (Lipinski definition) is 6. The second kappa shape index (κ2) is 13.6. The van der Waals surface area contributed by atoms with Crippen LogP contribution in [0.25, 0.3) is 16.6 Å². The summed E-state index contributed by atoms with van der Waals surface area (Å²) < 4.78 is 49.6. The highest BCUT2D eigenvalue weighted by molar-refractivity contribution is 5.80. The normalized spacial score (nSPS) is 12.1. The third-order valence-corrected chi connectivity index (χ3v) is 7.13. The number of ether oxygens (including phenoxy) is 2. The van der Waals surface area contributed by atoms with Crippen LogP contribution in [0.1, 0.15) is 36.8 Å². The molecule has 5 rings (SSSR count). The molecule has 5 aromatic rings. The van der Waals surface area contributed by atoms with Crippen LogP contribution < -0.4 is 15.0 Å². The average Bonchev–Trinajstić information content (AvgIpc) is 3.04. The Morgan fingerprint density at radius 3 is 2.27 bits per heavy atom. The molecule has 11 heteroatoms. The van der Waals surface area contributed by atoms with Gasteiger partial charge in [0.2, 0.25) is 5.91 Å². The van der Waals surface area contributed by atoms with E-state index in [0.717, 1.165) is 5.56 Å². The van der Waals surface area contributed by atoms with Crippen molar-refractivity contribution >= 4 is 16.8 Å². The van der Waals surface area contributed by atoms with Crippen LogP contribution in [0.4, 0.5) is 13.2 Å². The molecule has 0 radical (unpaired) electrons. The van der Waals surface area contributed by atoms with Gasteiger partial charge in [0.15, 0.2) is 6.61 Å². The Labute approximate surface area is 257 Å². The molecule has 1 amide bonds. The molecule has 2 aromatic heterocycles. The van der Waals surface area contributed by atoms with Crippen molar-refractivity contribution in [2.75, 3.05) is 13.2 Å². The molecular weight excluding hydrogens is 585 g/mol. The molecule has 0 N–H and O–H groups in total. The SMILES string of the molecule is CCOc1ccc(-n2c([C@@H](C)N(Cc3cccnc3)C(=O)Cc3ccc(OCC(F)(F)F)cc3)nc3ccccc3c2=O)cc1. The Kier molecular flexibility index (Phi) is 9.46. The van der Waals surface area contributed by atoms with E-state index in [0.29, 0.717) is 40.3 Å². The molecule has 0 aliphatic carbocycles. The van der Waals surface area contributed by atoms with Crippen LogP contribution in [0, 0.1) is 0 Å². The number of alkyl halides is 3. The quantitative estimate of drug-likeness (QED) is 0.170. The molecule has 0 fully saturated rings. The lowest BCUT2D eigenvalue weighted by molar-refractivity contribution is -0.153. The van der Waals surface area contributed by atoms with E-state index in [1.807, 2.05) is 19.9 Å². The number of carbonyl (C=O) groups is 1. The standard InChI is InChI=1S/C34H31F3N4O4/c1-3-44-27-16-12-26(13-17-27)41-32(39-30-9-5-4-8-29(30)33(41)43)23(2)40(21-25-7-6-18-38-20-25)31(42)19-24-10-14-28(15-11-24)45-22-34(35,36)37/h4-18,20,23H,3,19,21-22H2,1-2H3/t23-/m1/s1. The van der Waals surface area contributed by atoms with E-state index < -0.39 is 18.8 Å². The summed E-state index contributed by atoms with van der Waals surface area (Å²) in [6, 6.07) is 23.0. The van der Waals surface area contributed by atoms with Gasteiger partial charge in [0.25, 0.3) is 5.56 Å². The molecule has 0 saturated heterocycles. The zero-order valence-electron chi connectivity index (χ0n) is 24.7. The van der Waals surface area contributed by atoms with Gasteiger partial charge in [-0.1, -0.05) is 30.3 Å². The fourth-order valence-corrected chi connectivity index (χ4v) is 4.95. The van der Waals surface area contributed by atoms with E-state index in [9.17, 15) is 22.8 Å². The number of pyridine rings is 1. The molecule has 8 nitrogen and oxygen atoms in total. The zero-order valence-corrected chi connectivity index (χ0v) is 24.7. The second-order valence-corrected chi connectivity index (χ2v) is 10.3. The third kappa shape index (κ3) is 7.67. The van der Waals surface area contributed by atoms with Crippen LogP contribution in [0.2, 0.25) is 0 Å². The summed E-state index contributed by atoms with van der Waals surface area (Å²) in [6.07, 6.45) is -1.21. The fourth-order valence-electron chi connectivity index (χ4n) is 4.95. The summed E-state index contributed by atoms with van der Waals surface area (Å²) >= 11 is 0. The van der Waals surface area contributed by atoms with Crippen molar-refractivity contribution in [1.82, 2.24) is 19.4 Å². The number of hydrogen-bond donors (Lipinski definition) is 0. The van der Waals surface area contributed by atoms with Gasteiger partial charge in [0.05, 0.1) is 35.7 Å². The molecule has 0 aliphatic rings. The van der Waals surface area contributed by atoms with Crippen LogP contribution in [-0.4, -0.2) is 44.7 Å². The van der Waals surface area contributed by atoms with Gasteiger partial charge in [-0.05, 0) is 79.6 Å². The lowest BCUT2D eigenvalue weighted by atomic mass is 10.1. The van der Waals surface area contributed by atoms with Gasteiger partial charge in [-0.2, -0.15) is 13.2 Å². The molecule has 232 valence electrons. The molecular formula is C34H31F3N4O4. The lowest BCUT2D eigenvalue weighted by Gasteiger charge is -2.31. The van der Waals surface area contributed by atoms with E-state index in [4.69, 9.17) is 14.5 Å². The molecule has 0 spiro atoms. The van der Waals surface area contributed by atoms with Crippen molar-refractivity contribution < 1.29 is 27.4 Å². The highest BCUT2D eigenvalue weighted by Gasteiger charge is 2.29. The first-order valence-corrected chi connectivity index (χ1v) is 14.3. The van der Waals surface area contributed by atoms with E-state index in [-0.39, 0.29) is 30.2 Å². The summed E-state index contributed by atoms with van der Waals surface area (Å²) in [6.45, 7) is 2.95. The Balaban J connectivity index is 1.53. The number of para-hydroxylation sites is 1. The Morgan fingerprint density at radius 2 is 1.60 bits per heavy atom. The zero-order chi connectivity index (χ0) is 32.0. The molecule has 1 atom stereocenters. The van der Waals surface area contributed by atoms with Crippen LogP contribution in [0.15, 0.2) is 102 Å². The van der Waals surface area contributed by atoms with E-state index in [2.05, 4.69) is 4.98 Å². The molecule has 3 aromatic carbocycles. The number of carbonyl (C=O) groups excluding carboxylic acids is 1. The topological polar surface area (TPSA) is 86.6 Å².